The summed E-state index contributed by atoms with van der Waals surface area (Å²) in [6.45, 7) is 0.350. The number of anilines is 1. The molecule has 0 aliphatic carbocycles. The molecule has 2 amide bonds. The Morgan fingerprint density at radius 2 is 2.04 bits per heavy atom. The Morgan fingerprint density at radius 1 is 1.26 bits per heavy atom. The molecular formula is C19H19ClN2O5. The number of para-hydroxylation sites is 2. The van der Waals surface area contributed by atoms with Crippen LogP contribution in [0, 0.1) is 0 Å². The van der Waals surface area contributed by atoms with Crippen LogP contribution < -0.4 is 19.7 Å². The van der Waals surface area contributed by atoms with Crippen LogP contribution in [0.5, 0.6) is 11.5 Å². The van der Waals surface area contributed by atoms with Gasteiger partial charge in [-0.3, -0.25) is 9.69 Å². The van der Waals surface area contributed by atoms with Crippen molar-refractivity contribution in [3.8, 4) is 11.5 Å². The third-order valence-corrected chi connectivity index (χ3v) is 4.18. The highest BCUT2D eigenvalue weighted by molar-refractivity contribution is 6.30. The second-order valence-corrected chi connectivity index (χ2v) is 6.28. The molecule has 0 aromatic heterocycles. The van der Waals surface area contributed by atoms with Crippen LogP contribution in [0.3, 0.4) is 0 Å². The summed E-state index contributed by atoms with van der Waals surface area (Å²) < 4.78 is 15.9. The fraction of sp³-hybridized carbons (Fsp3) is 0.263. The van der Waals surface area contributed by atoms with E-state index in [4.69, 9.17) is 25.8 Å². The number of methoxy groups -OCH3 is 1. The van der Waals surface area contributed by atoms with E-state index in [1.165, 1.54) is 12.0 Å². The van der Waals surface area contributed by atoms with Gasteiger partial charge in [0.05, 0.1) is 20.2 Å². The van der Waals surface area contributed by atoms with Gasteiger partial charge in [-0.05, 0) is 30.3 Å². The molecule has 8 heteroatoms. The Morgan fingerprint density at radius 3 is 2.78 bits per heavy atom. The van der Waals surface area contributed by atoms with Crippen molar-refractivity contribution in [2.24, 2.45) is 0 Å². The fourth-order valence-electron chi connectivity index (χ4n) is 2.64. The third-order valence-electron chi connectivity index (χ3n) is 3.95. The van der Waals surface area contributed by atoms with Crippen molar-refractivity contribution in [2.45, 2.75) is 6.10 Å². The quantitative estimate of drug-likeness (QED) is 0.786. The molecule has 3 rings (SSSR count). The molecule has 0 unspecified atom stereocenters. The van der Waals surface area contributed by atoms with E-state index in [-0.39, 0.29) is 19.1 Å². The topological polar surface area (TPSA) is 77.1 Å². The van der Waals surface area contributed by atoms with Crippen LogP contribution >= 0.6 is 11.6 Å². The van der Waals surface area contributed by atoms with Crippen LogP contribution in [-0.2, 0) is 9.53 Å². The van der Waals surface area contributed by atoms with Gasteiger partial charge in [-0.25, -0.2) is 4.79 Å². The van der Waals surface area contributed by atoms with Crippen molar-refractivity contribution in [1.82, 2.24) is 5.32 Å². The molecule has 2 aromatic rings. The molecule has 1 fully saturated rings. The zero-order chi connectivity index (χ0) is 19.2. The summed E-state index contributed by atoms with van der Waals surface area (Å²) in [4.78, 5) is 25.5. The molecule has 0 radical (unpaired) electrons. The Hall–Kier alpha value is -2.93. The van der Waals surface area contributed by atoms with Gasteiger partial charge in [-0.15, -0.1) is 0 Å². The number of amides is 2. The molecule has 2 aromatic carbocycles. The van der Waals surface area contributed by atoms with Gasteiger partial charge in [-0.1, -0.05) is 29.8 Å². The summed E-state index contributed by atoms with van der Waals surface area (Å²) in [5.74, 6) is 0.708. The number of rotatable bonds is 7. The SMILES string of the molecule is COc1ccccc1OCC(=O)NC[C@H]1CN(c2cccc(Cl)c2)C(=O)O1. The van der Waals surface area contributed by atoms with Crippen LogP contribution in [0.2, 0.25) is 5.02 Å². The maximum atomic E-state index is 12.0. The van der Waals surface area contributed by atoms with E-state index >= 15 is 0 Å². The fourth-order valence-corrected chi connectivity index (χ4v) is 2.83. The van der Waals surface area contributed by atoms with Crippen molar-refractivity contribution in [2.75, 3.05) is 31.7 Å². The molecule has 1 aliphatic heterocycles. The predicted octanol–water partition coefficient (Wildman–Crippen LogP) is 2.87. The molecule has 27 heavy (non-hydrogen) atoms. The summed E-state index contributed by atoms with van der Waals surface area (Å²) in [6.07, 6.45) is -0.923. The molecule has 0 saturated carbocycles. The standard InChI is InChI=1S/C19H19ClN2O5/c1-25-16-7-2-3-8-17(16)26-12-18(23)21-10-15-11-22(19(24)27-15)14-6-4-5-13(20)9-14/h2-9,15H,10-12H2,1H3,(H,21,23)/t15-/m0/s1. The number of halogens is 1. The minimum Gasteiger partial charge on any atom is -0.493 e. The largest absolute Gasteiger partial charge is 0.493 e. The summed E-state index contributed by atoms with van der Waals surface area (Å²) in [5.41, 5.74) is 0.654. The summed E-state index contributed by atoms with van der Waals surface area (Å²) in [5, 5.41) is 3.23. The first-order valence-electron chi connectivity index (χ1n) is 8.33. The van der Waals surface area contributed by atoms with Gasteiger partial charge < -0.3 is 19.5 Å². The number of nitrogens with zero attached hydrogens (tertiary/aromatic N) is 1. The first-order valence-corrected chi connectivity index (χ1v) is 8.71. The highest BCUT2D eigenvalue weighted by atomic mass is 35.5. The van der Waals surface area contributed by atoms with Gasteiger partial charge in [0, 0.05) is 10.7 Å². The highest BCUT2D eigenvalue weighted by Crippen LogP contribution is 2.26. The van der Waals surface area contributed by atoms with Crippen molar-refractivity contribution >= 4 is 29.3 Å². The average molecular weight is 391 g/mol. The van der Waals surface area contributed by atoms with E-state index in [1.54, 1.807) is 42.5 Å². The number of hydrogen-bond donors (Lipinski definition) is 1. The maximum absolute atomic E-state index is 12.0. The summed E-state index contributed by atoms with van der Waals surface area (Å²) >= 11 is 5.96. The Labute approximate surface area is 161 Å². The summed E-state index contributed by atoms with van der Waals surface area (Å²) in [6, 6.07) is 14.0. The molecule has 0 bridgehead atoms. The van der Waals surface area contributed by atoms with Crippen LogP contribution in [0.4, 0.5) is 10.5 Å². The van der Waals surface area contributed by atoms with Crippen LogP contribution in [0.25, 0.3) is 0 Å². The third kappa shape index (κ3) is 4.83. The van der Waals surface area contributed by atoms with Crippen LogP contribution in [0.1, 0.15) is 0 Å². The minimum atomic E-state index is -0.471. The summed E-state index contributed by atoms with van der Waals surface area (Å²) in [7, 11) is 1.53. The van der Waals surface area contributed by atoms with E-state index in [0.29, 0.717) is 28.8 Å². The zero-order valence-corrected chi connectivity index (χ0v) is 15.4. The molecule has 1 atom stereocenters. The van der Waals surface area contributed by atoms with Gasteiger partial charge in [0.1, 0.15) is 6.10 Å². The van der Waals surface area contributed by atoms with E-state index in [1.807, 2.05) is 6.07 Å². The molecule has 1 heterocycles. The number of carbonyl (C=O) groups excluding carboxylic acids is 2. The molecule has 142 valence electrons. The molecule has 1 aliphatic rings. The first kappa shape index (κ1) is 18.8. The average Bonchev–Trinajstić information content (AvgIpc) is 3.05. The van der Waals surface area contributed by atoms with Gasteiger partial charge in [-0.2, -0.15) is 0 Å². The smallest absolute Gasteiger partial charge is 0.414 e. The lowest BCUT2D eigenvalue weighted by atomic mass is 10.2. The van der Waals surface area contributed by atoms with Crippen molar-refractivity contribution in [3.05, 3.63) is 53.6 Å². The predicted molar refractivity (Wildman–Crippen MR) is 101 cm³/mol. The van der Waals surface area contributed by atoms with Crippen LogP contribution in [0.15, 0.2) is 48.5 Å². The molecule has 1 N–H and O–H groups in total. The number of benzene rings is 2. The minimum absolute atomic E-state index is 0.168. The Kier molecular flexibility index (Phi) is 6.03. The molecule has 7 nitrogen and oxygen atoms in total. The number of cyclic esters (lactones) is 1. The second kappa shape index (κ2) is 8.64. The molecule has 1 saturated heterocycles. The van der Waals surface area contributed by atoms with Gasteiger partial charge in [0.2, 0.25) is 0 Å². The van der Waals surface area contributed by atoms with E-state index < -0.39 is 12.2 Å². The second-order valence-electron chi connectivity index (χ2n) is 5.84. The Balaban J connectivity index is 1.47. The number of hydrogen-bond acceptors (Lipinski definition) is 5. The van der Waals surface area contributed by atoms with E-state index in [9.17, 15) is 9.59 Å². The lowest BCUT2D eigenvalue weighted by Crippen LogP contribution is -2.37. The van der Waals surface area contributed by atoms with Gasteiger partial charge >= 0.3 is 6.09 Å². The van der Waals surface area contributed by atoms with Crippen LogP contribution in [-0.4, -0.2) is 44.9 Å². The van der Waals surface area contributed by atoms with Gasteiger partial charge in [0.25, 0.3) is 5.91 Å². The van der Waals surface area contributed by atoms with E-state index in [2.05, 4.69) is 5.32 Å². The Bertz CT molecular complexity index is 829. The first-order chi connectivity index (χ1) is 13.1. The number of ether oxygens (including phenoxy) is 3. The van der Waals surface area contributed by atoms with Crippen molar-refractivity contribution in [3.63, 3.8) is 0 Å². The number of nitrogens with one attached hydrogen (secondary N) is 1. The van der Waals surface area contributed by atoms with E-state index in [0.717, 1.165) is 0 Å². The lowest BCUT2D eigenvalue weighted by Gasteiger charge is -2.13. The van der Waals surface area contributed by atoms with Crippen molar-refractivity contribution < 1.29 is 23.8 Å². The highest BCUT2D eigenvalue weighted by Gasteiger charge is 2.32. The van der Waals surface area contributed by atoms with Gasteiger partial charge in [0.15, 0.2) is 18.1 Å². The normalized spacial score (nSPS) is 16.0. The zero-order valence-electron chi connectivity index (χ0n) is 14.7. The monoisotopic (exact) mass is 390 g/mol. The molecule has 0 spiro atoms. The lowest BCUT2D eigenvalue weighted by molar-refractivity contribution is -0.123. The molecular weight excluding hydrogens is 372 g/mol. The number of carbonyl (C=O) groups is 2. The van der Waals surface area contributed by atoms with Crippen molar-refractivity contribution in [1.29, 1.82) is 0 Å². The maximum Gasteiger partial charge on any atom is 0.414 e.